The maximum Gasteiger partial charge on any atom is 0.165 e. The summed E-state index contributed by atoms with van der Waals surface area (Å²) < 4.78 is 0. The van der Waals surface area contributed by atoms with Crippen LogP contribution in [0.5, 0.6) is 0 Å². The zero-order chi connectivity index (χ0) is 33.5. The van der Waals surface area contributed by atoms with Crippen LogP contribution in [0.2, 0.25) is 0 Å². The maximum absolute atomic E-state index is 9.50. The van der Waals surface area contributed by atoms with Gasteiger partial charge in [-0.15, -0.1) is 0 Å². The molecule has 0 bridgehead atoms. The molecule has 6 aromatic carbocycles. The van der Waals surface area contributed by atoms with Gasteiger partial charge in [0.2, 0.25) is 0 Å². The topological polar surface area (TPSA) is 62.5 Å². The molecule has 1 aliphatic carbocycles. The summed E-state index contributed by atoms with van der Waals surface area (Å²) in [6.45, 7) is 6.61. The molecule has 0 unspecified atom stereocenters. The molecule has 4 nitrogen and oxygen atoms in total. The Morgan fingerprint density at radius 3 is 1.76 bits per heavy atom. The van der Waals surface area contributed by atoms with Gasteiger partial charge in [0.1, 0.15) is 0 Å². The van der Waals surface area contributed by atoms with Crippen molar-refractivity contribution in [1.29, 1.82) is 5.26 Å². The lowest BCUT2D eigenvalue weighted by atomic mass is 9.79. The first-order valence-corrected chi connectivity index (χ1v) is 16.6. The van der Waals surface area contributed by atoms with E-state index in [0.717, 1.165) is 44.2 Å². The van der Waals surface area contributed by atoms with E-state index in [-0.39, 0.29) is 5.41 Å². The average Bonchev–Trinajstić information content (AvgIpc) is 3.35. The Hall–Kier alpha value is -6.18. The second kappa shape index (κ2) is 12.1. The number of aromatic nitrogens is 3. The lowest BCUT2D eigenvalue weighted by Crippen LogP contribution is -2.17. The highest BCUT2D eigenvalue weighted by Gasteiger charge is 2.36. The lowest BCUT2D eigenvalue weighted by Gasteiger charge is -2.24. The summed E-state index contributed by atoms with van der Waals surface area (Å²) in [4.78, 5) is 15.2. The molecule has 1 aromatic heterocycles. The Morgan fingerprint density at radius 2 is 1.10 bits per heavy atom. The summed E-state index contributed by atoms with van der Waals surface area (Å²) in [5.74, 6) is 1.92. The van der Waals surface area contributed by atoms with Gasteiger partial charge in [0.15, 0.2) is 17.5 Å². The van der Waals surface area contributed by atoms with Gasteiger partial charge in [0.05, 0.1) is 12.5 Å². The van der Waals surface area contributed by atoms with Crippen LogP contribution < -0.4 is 0 Å². The third kappa shape index (κ3) is 5.30. The Bertz CT molecular complexity index is 2380. The lowest BCUT2D eigenvalue weighted by molar-refractivity contribution is 0.627. The van der Waals surface area contributed by atoms with Crippen molar-refractivity contribution in [3.8, 4) is 62.5 Å². The standard InChI is InChI=1S/C45H34N4/c1-29-36-24-23-35(28-40(36)45(2,3)39(29)26-27-46)30-18-20-32(21-19-30)38-25-22-31-12-10-11-17-37(31)41(38)44-48-42(33-13-6-4-7-14-33)47-43(49-44)34-15-8-5-9-16-34/h4-25,28H,26H2,1-3H3. The van der Waals surface area contributed by atoms with E-state index in [1.807, 2.05) is 60.7 Å². The molecule has 234 valence electrons. The Balaban J connectivity index is 1.26. The van der Waals surface area contributed by atoms with E-state index in [1.54, 1.807) is 0 Å². The van der Waals surface area contributed by atoms with Gasteiger partial charge in [-0.1, -0.05) is 147 Å². The van der Waals surface area contributed by atoms with Crippen LogP contribution in [0.25, 0.3) is 72.8 Å². The molecular formula is C45H34N4. The second-order valence-corrected chi connectivity index (χ2v) is 13.1. The van der Waals surface area contributed by atoms with Crippen molar-refractivity contribution in [3.05, 3.63) is 156 Å². The predicted octanol–water partition coefficient (Wildman–Crippen LogP) is 11.3. The largest absolute Gasteiger partial charge is 0.208 e. The third-order valence-electron chi connectivity index (χ3n) is 9.94. The van der Waals surface area contributed by atoms with Gasteiger partial charge >= 0.3 is 0 Å². The zero-order valence-electron chi connectivity index (χ0n) is 27.8. The van der Waals surface area contributed by atoms with E-state index in [2.05, 4.69) is 106 Å². The van der Waals surface area contributed by atoms with E-state index in [0.29, 0.717) is 23.9 Å². The van der Waals surface area contributed by atoms with Crippen molar-refractivity contribution in [1.82, 2.24) is 15.0 Å². The highest BCUT2D eigenvalue weighted by atomic mass is 15.0. The van der Waals surface area contributed by atoms with E-state index in [9.17, 15) is 5.26 Å². The number of fused-ring (bicyclic) bond motifs is 2. The first-order chi connectivity index (χ1) is 23.9. The summed E-state index contributed by atoms with van der Waals surface area (Å²) in [6.07, 6.45) is 0.451. The van der Waals surface area contributed by atoms with Crippen molar-refractivity contribution in [2.45, 2.75) is 32.6 Å². The highest BCUT2D eigenvalue weighted by Crippen LogP contribution is 2.48. The number of nitriles is 1. The molecule has 1 heterocycles. The fourth-order valence-corrected chi connectivity index (χ4v) is 7.31. The minimum Gasteiger partial charge on any atom is -0.208 e. The van der Waals surface area contributed by atoms with Crippen LogP contribution in [0, 0.1) is 11.3 Å². The number of allylic oxidation sites excluding steroid dienone is 2. The van der Waals surface area contributed by atoms with Gasteiger partial charge in [0.25, 0.3) is 0 Å². The summed E-state index contributed by atoms with van der Waals surface area (Å²) in [5, 5.41) is 11.7. The van der Waals surface area contributed by atoms with Crippen LogP contribution in [-0.4, -0.2) is 15.0 Å². The molecule has 0 aliphatic heterocycles. The molecular weight excluding hydrogens is 597 g/mol. The van der Waals surface area contributed by atoms with Crippen LogP contribution in [0.15, 0.2) is 145 Å². The van der Waals surface area contributed by atoms with Crippen LogP contribution >= 0.6 is 0 Å². The summed E-state index contributed by atoms with van der Waals surface area (Å²) in [7, 11) is 0. The van der Waals surface area contributed by atoms with Crippen molar-refractivity contribution in [3.63, 3.8) is 0 Å². The van der Waals surface area contributed by atoms with Gasteiger partial charge in [-0.2, -0.15) is 5.26 Å². The van der Waals surface area contributed by atoms with Gasteiger partial charge in [-0.25, -0.2) is 15.0 Å². The molecule has 0 saturated carbocycles. The molecule has 0 amide bonds. The zero-order valence-corrected chi connectivity index (χ0v) is 27.8. The minimum atomic E-state index is -0.174. The number of benzene rings is 6. The SMILES string of the molecule is CC1=C(CC#N)C(C)(C)c2cc(-c3ccc(-c4ccc5ccccc5c4-c4nc(-c5ccccc5)nc(-c5ccccc5)n4)cc3)ccc21. The van der Waals surface area contributed by atoms with Gasteiger partial charge < -0.3 is 0 Å². The van der Waals surface area contributed by atoms with Crippen LogP contribution in [-0.2, 0) is 5.41 Å². The molecule has 1 aliphatic rings. The predicted molar refractivity (Wildman–Crippen MR) is 200 cm³/mol. The third-order valence-corrected chi connectivity index (χ3v) is 9.94. The second-order valence-electron chi connectivity index (χ2n) is 13.1. The van der Waals surface area contributed by atoms with Crippen molar-refractivity contribution < 1.29 is 0 Å². The van der Waals surface area contributed by atoms with E-state index in [4.69, 9.17) is 15.0 Å². The van der Waals surface area contributed by atoms with E-state index < -0.39 is 0 Å². The molecule has 49 heavy (non-hydrogen) atoms. The Morgan fingerprint density at radius 1 is 0.551 bits per heavy atom. The summed E-state index contributed by atoms with van der Waals surface area (Å²) in [5.41, 5.74) is 12.1. The fourth-order valence-electron chi connectivity index (χ4n) is 7.31. The summed E-state index contributed by atoms with van der Waals surface area (Å²) in [6, 6.07) is 50.9. The molecule has 8 rings (SSSR count). The first-order valence-electron chi connectivity index (χ1n) is 16.6. The number of rotatable bonds is 6. The van der Waals surface area contributed by atoms with Crippen molar-refractivity contribution >= 4 is 16.3 Å². The molecule has 0 atom stereocenters. The Labute approximate surface area is 287 Å². The Kier molecular flexibility index (Phi) is 7.46. The van der Waals surface area contributed by atoms with E-state index >= 15 is 0 Å². The normalized spacial score (nSPS) is 13.3. The molecule has 0 saturated heterocycles. The van der Waals surface area contributed by atoms with Crippen LogP contribution in [0.1, 0.15) is 38.3 Å². The molecule has 7 aromatic rings. The van der Waals surface area contributed by atoms with Crippen molar-refractivity contribution in [2.75, 3.05) is 0 Å². The van der Waals surface area contributed by atoms with Gasteiger partial charge in [0, 0.05) is 22.1 Å². The quantitative estimate of drug-likeness (QED) is 0.183. The molecule has 0 N–H and O–H groups in total. The smallest absolute Gasteiger partial charge is 0.165 e. The van der Waals surface area contributed by atoms with Gasteiger partial charge in [-0.05, 0) is 68.3 Å². The fraction of sp³-hybridized carbons (Fsp3) is 0.111. The highest BCUT2D eigenvalue weighted by molar-refractivity contribution is 6.03. The maximum atomic E-state index is 9.50. The average molecular weight is 631 g/mol. The van der Waals surface area contributed by atoms with E-state index in [1.165, 1.54) is 27.8 Å². The molecule has 0 radical (unpaired) electrons. The molecule has 0 fully saturated rings. The minimum absolute atomic E-state index is 0.174. The van der Waals surface area contributed by atoms with Crippen LogP contribution in [0.3, 0.4) is 0 Å². The monoisotopic (exact) mass is 630 g/mol. The van der Waals surface area contributed by atoms with Gasteiger partial charge in [-0.3, -0.25) is 0 Å². The number of hydrogen-bond donors (Lipinski definition) is 0. The van der Waals surface area contributed by atoms with Crippen LogP contribution in [0.4, 0.5) is 0 Å². The summed E-state index contributed by atoms with van der Waals surface area (Å²) >= 11 is 0. The molecule has 4 heteroatoms. The first kappa shape index (κ1) is 30.2. The molecule has 0 spiro atoms. The number of nitrogens with zero attached hydrogens (tertiary/aromatic N) is 4. The number of hydrogen-bond acceptors (Lipinski definition) is 4. The van der Waals surface area contributed by atoms with Crippen molar-refractivity contribution in [2.24, 2.45) is 0 Å².